The van der Waals surface area contributed by atoms with E-state index in [1.807, 2.05) is 19.1 Å². The summed E-state index contributed by atoms with van der Waals surface area (Å²) in [5, 5.41) is 8.76. The van der Waals surface area contributed by atoms with Crippen LogP contribution in [-0.2, 0) is 9.53 Å². The number of amides is 1. The highest BCUT2D eigenvalue weighted by atomic mass is 16.6. The number of carbonyl (C=O) groups is 2. The van der Waals surface area contributed by atoms with Crippen LogP contribution in [0.5, 0.6) is 0 Å². The summed E-state index contributed by atoms with van der Waals surface area (Å²) in [7, 11) is 0. The van der Waals surface area contributed by atoms with Gasteiger partial charge >= 0.3 is 12.1 Å². The Morgan fingerprint density at radius 3 is 2.47 bits per heavy atom. The zero-order valence-corrected chi connectivity index (χ0v) is 11.4. The van der Waals surface area contributed by atoms with Crippen molar-refractivity contribution in [2.24, 2.45) is 0 Å². The fourth-order valence-electron chi connectivity index (χ4n) is 1.65. The second-order valence-corrected chi connectivity index (χ2v) is 4.51. The molecule has 0 aliphatic carbocycles. The molecule has 1 aromatic carbocycles. The van der Waals surface area contributed by atoms with Crippen LogP contribution >= 0.6 is 0 Å². The number of para-hydroxylation sites is 1. The van der Waals surface area contributed by atoms with Crippen LogP contribution < -0.4 is 4.90 Å². The normalized spacial score (nSPS) is 10.3. The predicted molar refractivity (Wildman–Crippen MR) is 72.4 cm³/mol. The van der Waals surface area contributed by atoms with Crippen LogP contribution in [0.15, 0.2) is 24.3 Å². The molecule has 0 unspecified atom stereocenters. The number of aryl methyl sites for hydroxylation is 1. The molecule has 1 amide bonds. The first-order chi connectivity index (χ1) is 8.91. The lowest BCUT2D eigenvalue weighted by Crippen LogP contribution is -2.35. The van der Waals surface area contributed by atoms with Gasteiger partial charge in [-0.15, -0.1) is 0 Å². The summed E-state index contributed by atoms with van der Waals surface area (Å²) in [4.78, 5) is 24.1. The van der Waals surface area contributed by atoms with E-state index in [-0.39, 0.29) is 19.1 Å². The molecule has 0 saturated heterocycles. The smallest absolute Gasteiger partial charge is 0.414 e. The average molecular weight is 265 g/mol. The van der Waals surface area contributed by atoms with Gasteiger partial charge in [-0.05, 0) is 32.4 Å². The second-order valence-electron chi connectivity index (χ2n) is 4.51. The van der Waals surface area contributed by atoms with E-state index in [0.717, 1.165) is 5.56 Å². The lowest BCUT2D eigenvalue weighted by atomic mass is 10.2. The van der Waals surface area contributed by atoms with E-state index in [1.165, 1.54) is 4.90 Å². The summed E-state index contributed by atoms with van der Waals surface area (Å²) >= 11 is 0. The summed E-state index contributed by atoms with van der Waals surface area (Å²) in [6.45, 7) is 5.47. The number of carboxylic acid groups (broad SMARTS) is 1. The number of rotatable bonds is 5. The van der Waals surface area contributed by atoms with Gasteiger partial charge in [-0.25, -0.2) is 4.79 Å². The van der Waals surface area contributed by atoms with Crippen molar-refractivity contribution in [3.05, 3.63) is 29.8 Å². The zero-order valence-electron chi connectivity index (χ0n) is 11.4. The fourth-order valence-corrected chi connectivity index (χ4v) is 1.65. The highest BCUT2D eigenvalue weighted by Crippen LogP contribution is 2.21. The number of hydrogen-bond donors (Lipinski definition) is 1. The minimum absolute atomic E-state index is 0.0890. The molecule has 19 heavy (non-hydrogen) atoms. The molecule has 1 N–H and O–H groups in total. The molecule has 0 aliphatic heterocycles. The molecule has 0 atom stereocenters. The van der Waals surface area contributed by atoms with Crippen LogP contribution in [0.1, 0.15) is 25.8 Å². The summed E-state index contributed by atoms with van der Waals surface area (Å²) in [5.74, 6) is -0.948. The number of nitrogens with zero attached hydrogens (tertiary/aromatic N) is 1. The Labute approximate surface area is 112 Å². The van der Waals surface area contributed by atoms with Crippen molar-refractivity contribution in [1.82, 2.24) is 0 Å². The number of hydrogen-bond acceptors (Lipinski definition) is 3. The first-order valence-electron chi connectivity index (χ1n) is 6.17. The largest absolute Gasteiger partial charge is 0.481 e. The van der Waals surface area contributed by atoms with E-state index in [1.54, 1.807) is 26.0 Å². The topological polar surface area (TPSA) is 66.8 Å². The van der Waals surface area contributed by atoms with Crippen LogP contribution in [0.2, 0.25) is 0 Å². The van der Waals surface area contributed by atoms with Gasteiger partial charge in [0.1, 0.15) is 0 Å². The number of carbonyl (C=O) groups excluding carboxylic acids is 1. The number of carboxylic acids is 1. The molecule has 0 aliphatic rings. The quantitative estimate of drug-likeness (QED) is 0.889. The summed E-state index contributed by atoms with van der Waals surface area (Å²) in [6.07, 6.45) is -0.893. The van der Waals surface area contributed by atoms with E-state index in [4.69, 9.17) is 9.84 Å². The van der Waals surface area contributed by atoms with E-state index in [9.17, 15) is 9.59 Å². The van der Waals surface area contributed by atoms with E-state index in [2.05, 4.69) is 0 Å². The lowest BCUT2D eigenvalue weighted by Gasteiger charge is -2.24. The minimum atomic E-state index is -0.948. The summed E-state index contributed by atoms with van der Waals surface area (Å²) in [5.41, 5.74) is 1.57. The van der Waals surface area contributed by atoms with Crippen molar-refractivity contribution in [3.63, 3.8) is 0 Å². The van der Waals surface area contributed by atoms with Gasteiger partial charge in [0.2, 0.25) is 0 Å². The van der Waals surface area contributed by atoms with E-state index >= 15 is 0 Å². The molecule has 5 heteroatoms. The highest BCUT2D eigenvalue weighted by molar-refractivity contribution is 5.89. The first kappa shape index (κ1) is 15.0. The molecular formula is C14H19NO4. The maximum atomic E-state index is 12.0. The Balaban J connectivity index is 2.95. The third-order valence-corrected chi connectivity index (χ3v) is 2.51. The molecule has 0 fully saturated rings. The molecule has 1 aromatic rings. The average Bonchev–Trinajstić information content (AvgIpc) is 2.30. The van der Waals surface area contributed by atoms with Gasteiger partial charge in [0.25, 0.3) is 0 Å². The second kappa shape index (κ2) is 6.78. The molecule has 0 spiro atoms. The van der Waals surface area contributed by atoms with Crippen LogP contribution in [-0.4, -0.2) is 29.8 Å². The highest BCUT2D eigenvalue weighted by Gasteiger charge is 2.20. The third kappa shape index (κ3) is 4.62. The van der Waals surface area contributed by atoms with Crippen LogP contribution in [0.25, 0.3) is 0 Å². The molecule has 0 bridgehead atoms. The zero-order chi connectivity index (χ0) is 14.4. The molecule has 0 heterocycles. The summed E-state index contributed by atoms with van der Waals surface area (Å²) in [6, 6.07) is 7.31. The van der Waals surface area contributed by atoms with Gasteiger partial charge in [-0.2, -0.15) is 0 Å². The lowest BCUT2D eigenvalue weighted by molar-refractivity contribution is -0.136. The van der Waals surface area contributed by atoms with Crippen molar-refractivity contribution < 1.29 is 19.4 Å². The van der Waals surface area contributed by atoms with Crippen molar-refractivity contribution in [2.45, 2.75) is 33.3 Å². The molecule has 0 aromatic heterocycles. The van der Waals surface area contributed by atoms with Crippen LogP contribution in [0, 0.1) is 6.92 Å². The van der Waals surface area contributed by atoms with Crippen molar-refractivity contribution in [1.29, 1.82) is 0 Å². The van der Waals surface area contributed by atoms with Crippen molar-refractivity contribution in [2.75, 3.05) is 11.4 Å². The predicted octanol–water partition coefficient (Wildman–Crippen LogP) is 2.82. The maximum Gasteiger partial charge on any atom is 0.414 e. The number of anilines is 1. The van der Waals surface area contributed by atoms with Crippen molar-refractivity contribution >= 4 is 17.7 Å². The molecule has 104 valence electrons. The molecule has 1 rings (SSSR count). The number of benzene rings is 1. The molecule has 0 saturated carbocycles. The maximum absolute atomic E-state index is 12.0. The Morgan fingerprint density at radius 2 is 1.95 bits per heavy atom. The third-order valence-electron chi connectivity index (χ3n) is 2.51. The van der Waals surface area contributed by atoms with Gasteiger partial charge in [-0.1, -0.05) is 18.2 Å². The SMILES string of the molecule is Cc1ccccc1N(CCC(=O)O)C(=O)OC(C)C. The van der Waals surface area contributed by atoms with Crippen molar-refractivity contribution in [3.8, 4) is 0 Å². The van der Waals surface area contributed by atoms with Gasteiger partial charge in [0, 0.05) is 12.2 Å². The molecular weight excluding hydrogens is 246 g/mol. The Kier molecular flexibility index (Phi) is 5.36. The van der Waals surface area contributed by atoms with Gasteiger partial charge < -0.3 is 9.84 Å². The number of ether oxygens (including phenoxy) is 1. The van der Waals surface area contributed by atoms with Gasteiger partial charge in [-0.3, -0.25) is 9.69 Å². The molecule has 0 radical (unpaired) electrons. The van der Waals surface area contributed by atoms with E-state index in [0.29, 0.717) is 5.69 Å². The van der Waals surface area contributed by atoms with Gasteiger partial charge in [0.15, 0.2) is 0 Å². The number of aliphatic carboxylic acids is 1. The minimum Gasteiger partial charge on any atom is -0.481 e. The fraction of sp³-hybridized carbons (Fsp3) is 0.429. The Hall–Kier alpha value is -2.04. The first-order valence-corrected chi connectivity index (χ1v) is 6.17. The van der Waals surface area contributed by atoms with Crippen LogP contribution in [0.3, 0.4) is 0 Å². The van der Waals surface area contributed by atoms with Gasteiger partial charge in [0.05, 0.1) is 12.5 Å². The Morgan fingerprint density at radius 1 is 1.32 bits per heavy atom. The van der Waals surface area contributed by atoms with E-state index < -0.39 is 12.1 Å². The standard InChI is InChI=1S/C14H19NO4/c1-10(2)19-14(18)15(9-8-13(16)17)12-7-5-4-6-11(12)3/h4-7,10H,8-9H2,1-3H3,(H,16,17). The monoisotopic (exact) mass is 265 g/mol. The molecule has 5 nitrogen and oxygen atoms in total. The Bertz CT molecular complexity index is 457. The van der Waals surface area contributed by atoms with Crippen LogP contribution in [0.4, 0.5) is 10.5 Å². The summed E-state index contributed by atoms with van der Waals surface area (Å²) < 4.78 is 5.15.